The maximum atomic E-state index is 14.5. The largest absolute Gasteiger partial charge is 0.494 e. The SMILES string of the molecule is CCCCCOc1ccc(C(=O)N=c2sc3cc(F)cc(F)c3n2CC(=O)OCC)cc1. The molecule has 32 heavy (non-hydrogen) atoms. The second kappa shape index (κ2) is 11.0. The minimum absolute atomic E-state index is 0.00756. The summed E-state index contributed by atoms with van der Waals surface area (Å²) in [5, 5.41) is 0. The maximum absolute atomic E-state index is 14.5. The van der Waals surface area contributed by atoms with E-state index in [2.05, 4.69) is 11.9 Å². The molecule has 0 spiro atoms. The first-order valence-electron chi connectivity index (χ1n) is 10.4. The fraction of sp³-hybridized carbons (Fsp3) is 0.348. The first-order valence-corrected chi connectivity index (χ1v) is 11.2. The van der Waals surface area contributed by atoms with Crippen molar-refractivity contribution in [1.82, 2.24) is 4.57 Å². The van der Waals surface area contributed by atoms with Crippen LogP contribution in [0.5, 0.6) is 5.75 Å². The molecule has 0 fully saturated rings. The highest BCUT2D eigenvalue weighted by Crippen LogP contribution is 2.23. The highest BCUT2D eigenvalue weighted by molar-refractivity contribution is 7.16. The third-order valence-corrected chi connectivity index (χ3v) is 5.63. The molecule has 6 nitrogen and oxygen atoms in total. The van der Waals surface area contributed by atoms with Crippen molar-refractivity contribution in [3.8, 4) is 5.75 Å². The molecule has 0 unspecified atom stereocenters. The van der Waals surface area contributed by atoms with E-state index in [9.17, 15) is 18.4 Å². The lowest BCUT2D eigenvalue weighted by Crippen LogP contribution is -2.23. The van der Waals surface area contributed by atoms with Crippen molar-refractivity contribution >= 4 is 33.4 Å². The number of halogens is 2. The van der Waals surface area contributed by atoms with E-state index in [1.807, 2.05) is 0 Å². The number of thiazole rings is 1. The van der Waals surface area contributed by atoms with Crippen molar-refractivity contribution in [1.29, 1.82) is 0 Å². The topological polar surface area (TPSA) is 69.9 Å². The molecule has 1 heterocycles. The van der Waals surface area contributed by atoms with Crippen LogP contribution in [0.3, 0.4) is 0 Å². The Labute approximate surface area is 188 Å². The van der Waals surface area contributed by atoms with Crippen molar-refractivity contribution in [3.05, 3.63) is 58.4 Å². The Balaban J connectivity index is 1.91. The predicted molar refractivity (Wildman–Crippen MR) is 118 cm³/mol. The summed E-state index contributed by atoms with van der Waals surface area (Å²) in [6, 6.07) is 8.40. The summed E-state index contributed by atoms with van der Waals surface area (Å²) >= 11 is 0.917. The van der Waals surface area contributed by atoms with Crippen LogP contribution in [-0.4, -0.2) is 29.7 Å². The molecular formula is C23H24F2N2O4S. The van der Waals surface area contributed by atoms with Crippen molar-refractivity contribution in [2.24, 2.45) is 4.99 Å². The normalized spacial score (nSPS) is 11.7. The Morgan fingerprint density at radius 2 is 1.84 bits per heavy atom. The number of carbonyl (C=O) groups is 2. The molecule has 2 aromatic carbocycles. The van der Waals surface area contributed by atoms with E-state index >= 15 is 0 Å². The van der Waals surface area contributed by atoms with Crippen LogP contribution in [0.25, 0.3) is 10.2 Å². The van der Waals surface area contributed by atoms with Crippen LogP contribution in [0.15, 0.2) is 41.4 Å². The molecule has 0 aliphatic rings. The first-order chi connectivity index (χ1) is 15.4. The number of amides is 1. The number of rotatable bonds is 9. The van der Waals surface area contributed by atoms with E-state index in [-0.39, 0.29) is 28.2 Å². The molecule has 170 valence electrons. The number of hydrogen-bond acceptors (Lipinski definition) is 5. The minimum Gasteiger partial charge on any atom is -0.494 e. The van der Waals surface area contributed by atoms with E-state index in [1.165, 1.54) is 4.57 Å². The molecule has 0 aliphatic carbocycles. The molecule has 0 aliphatic heterocycles. The second-order valence-electron chi connectivity index (χ2n) is 7.01. The zero-order valence-electron chi connectivity index (χ0n) is 17.9. The van der Waals surface area contributed by atoms with E-state index in [4.69, 9.17) is 9.47 Å². The van der Waals surface area contributed by atoms with E-state index in [1.54, 1.807) is 31.2 Å². The smallest absolute Gasteiger partial charge is 0.326 e. The maximum Gasteiger partial charge on any atom is 0.326 e. The molecule has 1 amide bonds. The number of benzene rings is 2. The molecule has 0 radical (unpaired) electrons. The summed E-state index contributed by atoms with van der Waals surface area (Å²) < 4.78 is 40.2. The molecule has 1 aromatic heterocycles. The number of esters is 1. The van der Waals surface area contributed by atoms with Gasteiger partial charge in [0.25, 0.3) is 5.91 Å². The summed E-state index contributed by atoms with van der Waals surface area (Å²) in [6.07, 6.45) is 3.14. The second-order valence-corrected chi connectivity index (χ2v) is 8.02. The summed E-state index contributed by atoms with van der Waals surface area (Å²) in [6.45, 7) is 4.16. The monoisotopic (exact) mass is 462 g/mol. The van der Waals surface area contributed by atoms with Gasteiger partial charge in [0.05, 0.1) is 23.4 Å². The average molecular weight is 463 g/mol. The van der Waals surface area contributed by atoms with Crippen LogP contribution in [-0.2, 0) is 16.1 Å². The van der Waals surface area contributed by atoms with Gasteiger partial charge in [-0.1, -0.05) is 31.1 Å². The van der Waals surface area contributed by atoms with Crippen LogP contribution in [0.2, 0.25) is 0 Å². The van der Waals surface area contributed by atoms with Gasteiger partial charge >= 0.3 is 5.97 Å². The molecule has 0 saturated heterocycles. The molecule has 3 rings (SSSR count). The zero-order chi connectivity index (χ0) is 23.1. The van der Waals surface area contributed by atoms with Gasteiger partial charge in [-0.05, 0) is 43.7 Å². The number of hydrogen-bond donors (Lipinski definition) is 0. The third-order valence-electron chi connectivity index (χ3n) is 4.60. The molecule has 3 aromatic rings. The van der Waals surface area contributed by atoms with Gasteiger partial charge in [-0.15, -0.1) is 0 Å². The van der Waals surface area contributed by atoms with Gasteiger partial charge in [-0.2, -0.15) is 4.99 Å². The highest BCUT2D eigenvalue weighted by atomic mass is 32.1. The minimum atomic E-state index is -0.848. The fourth-order valence-electron chi connectivity index (χ4n) is 3.08. The van der Waals surface area contributed by atoms with Gasteiger partial charge in [-0.25, -0.2) is 8.78 Å². The van der Waals surface area contributed by atoms with Crippen LogP contribution < -0.4 is 9.54 Å². The van der Waals surface area contributed by atoms with Crippen LogP contribution in [0.1, 0.15) is 43.5 Å². The number of fused-ring (bicyclic) bond motifs is 1. The van der Waals surface area contributed by atoms with Crippen molar-refractivity contribution in [3.63, 3.8) is 0 Å². The van der Waals surface area contributed by atoms with Crippen LogP contribution in [0, 0.1) is 11.6 Å². The van der Waals surface area contributed by atoms with Crippen LogP contribution in [0.4, 0.5) is 8.78 Å². The molecule has 0 atom stereocenters. The quantitative estimate of drug-likeness (QED) is 0.337. The zero-order valence-corrected chi connectivity index (χ0v) is 18.7. The van der Waals surface area contributed by atoms with Crippen molar-refractivity contribution < 1.29 is 27.8 Å². The third kappa shape index (κ3) is 5.79. The lowest BCUT2D eigenvalue weighted by molar-refractivity contribution is -0.143. The Morgan fingerprint density at radius 1 is 1.09 bits per heavy atom. The van der Waals surface area contributed by atoms with E-state index < -0.39 is 23.5 Å². The lowest BCUT2D eigenvalue weighted by atomic mass is 10.2. The van der Waals surface area contributed by atoms with Gasteiger partial charge in [0.2, 0.25) is 0 Å². The molecule has 0 bridgehead atoms. The van der Waals surface area contributed by atoms with Gasteiger partial charge in [0.1, 0.15) is 18.1 Å². The van der Waals surface area contributed by atoms with E-state index in [0.717, 1.165) is 42.7 Å². The lowest BCUT2D eigenvalue weighted by Gasteiger charge is -2.06. The Hall–Kier alpha value is -3.07. The van der Waals surface area contributed by atoms with Gasteiger partial charge in [-0.3, -0.25) is 9.59 Å². The summed E-state index contributed by atoms with van der Waals surface area (Å²) in [5.74, 6) is -2.15. The van der Waals surface area contributed by atoms with Gasteiger partial charge in [0, 0.05) is 11.6 Å². The molecular weight excluding hydrogens is 438 g/mol. The molecule has 9 heteroatoms. The van der Waals surface area contributed by atoms with Gasteiger partial charge < -0.3 is 14.0 Å². The van der Waals surface area contributed by atoms with Gasteiger partial charge in [0.15, 0.2) is 10.6 Å². The van der Waals surface area contributed by atoms with E-state index in [0.29, 0.717) is 17.9 Å². The summed E-state index contributed by atoms with van der Waals surface area (Å²) in [5.41, 5.74) is 0.296. The number of nitrogens with zero attached hydrogens (tertiary/aromatic N) is 2. The Bertz CT molecular complexity index is 1170. The fourth-order valence-corrected chi connectivity index (χ4v) is 4.15. The Morgan fingerprint density at radius 3 is 2.53 bits per heavy atom. The number of ether oxygens (including phenoxy) is 2. The predicted octanol–water partition coefficient (Wildman–Crippen LogP) is 4.85. The molecule has 0 saturated carbocycles. The highest BCUT2D eigenvalue weighted by Gasteiger charge is 2.17. The first kappa shape index (κ1) is 23.6. The Kier molecular flexibility index (Phi) is 8.10. The summed E-state index contributed by atoms with van der Waals surface area (Å²) in [4.78, 5) is 28.9. The average Bonchev–Trinajstić information content (AvgIpc) is 3.08. The van der Waals surface area contributed by atoms with Crippen molar-refractivity contribution in [2.45, 2.75) is 39.7 Å². The standard InChI is InChI=1S/C23H24F2N2O4S/c1-3-5-6-11-31-17-9-7-15(8-10-17)22(29)26-23-27(14-20(28)30-4-2)21-18(25)12-16(24)13-19(21)32-23/h7-10,12-13H,3-6,11,14H2,1-2H3. The van der Waals surface area contributed by atoms with Crippen LogP contribution >= 0.6 is 11.3 Å². The number of aromatic nitrogens is 1. The molecule has 0 N–H and O–H groups in total. The number of carbonyl (C=O) groups excluding carboxylic acids is 2. The summed E-state index contributed by atoms with van der Waals surface area (Å²) in [7, 11) is 0. The van der Waals surface area contributed by atoms with Crippen molar-refractivity contribution in [2.75, 3.05) is 13.2 Å². The number of unbranched alkanes of at least 4 members (excludes halogenated alkanes) is 2.